The average molecular weight is 256 g/mol. The maximum Gasteiger partial charge on any atom is 0.407 e. The molecular formula is C15H16N2O2. The van der Waals surface area contributed by atoms with Crippen LogP contribution in [0.2, 0.25) is 0 Å². The Morgan fingerprint density at radius 3 is 2.58 bits per heavy atom. The predicted octanol–water partition coefficient (Wildman–Crippen LogP) is 3.05. The number of nitrogens with zero attached hydrogens (tertiary/aromatic N) is 2. The van der Waals surface area contributed by atoms with Crippen molar-refractivity contribution in [2.24, 2.45) is 0 Å². The summed E-state index contributed by atoms with van der Waals surface area (Å²) < 4.78 is 0. The molecule has 1 aromatic rings. The molecule has 1 aliphatic heterocycles. The molecule has 1 N–H and O–H groups in total. The number of nitriles is 1. The molecule has 1 fully saturated rings. The number of carboxylic acid groups (broad SMARTS) is 1. The summed E-state index contributed by atoms with van der Waals surface area (Å²) in [4.78, 5) is 12.3. The van der Waals surface area contributed by atoms with Crippen LogP contribution in [0.4, 0.5) is 4.79 Å². The van der Waals surface area contributed by atoms with Gasteiger partial charge in [0.2, 0.25) is 0 Å². The summed E-state index contributed by atoms with van der Waals surface area (Å²) in [6.07, 6.45) is 0.403. The van der Waals surface area contributed by atoms with Gasteiger partial charge in [-0.15, -0.1) is 0 Å². The lowest BCUT2D eigenvalue weighted by molar-refractivity contribution is 0.142. The molecule has 4 heteroatoms. The number of rotatable bonds is 1. The zero-order chi connectivity index (χ0) is 13.8. The lowest BCUT2D eigenvalue weighted by Crippen LogP contribution is -2.35. The lowest BCUT2D eigenvalue weighted by Gasteiger charge is -2.26. The molecule has 1 saturated heterocycles. The third-order valence-corrected chi connectivity index (χ3v) is 3.41. The fourth-order valence-corrected chi connectivity index (χ4v) is 2.37. The van der Waals surface area contributed by atoms with E-state index in [1.54, 1.807) is 0 Å². The molecule has 4 nitrogen and oxygen atoms in total. The first-order valence-electron chi connectivity index (χ1n) is 6.29. The van der Waals surface area contributed by atoms with Crippen molar-refractivity contribution in [3.8, 4) is 6.07 Å². The van der Waals surface area contributed by atoms with Crippen molar-refractivity contribution in [3.63, 3.8) is 0 Å². The third kappa shape index (κ3) is 2.94. The molecule has 0 atom stereocenters. The number of amides is 1. The van der Waals surface area contributed by atoms with Crippen molar-refractivity contribution in [1.82, 2.24) is 4.90 Å². The van der Waals surface area contributed by atoms with Crippen LogP contribution in [-0.2, 0) is 0 Å². The highest BCUT2D eigenvalue weighted by atomic mass is 16.4. The van der Waals surface area contributed by atoms with Gasteiger partial charge in [-0.25, -0.2) is 4.79 Å². The monoisotopic (exact) mass is 256 g/mol. The van der Waals surface area contributed by atoms with Gasteiger partial charge in [-0.2, -0.15) is 5.26 Å². The molecule has 0 saturated carbocycles. The fourth-order valence-electron chi connectivity index (χ4n) is 2.37. The van der Waals surface area contributed by atoms with Gasteiger partial charge in [0.15, 0.2) is 0 Å². The van der Waals surface area contributed by atoms with Gasteiger partial charge >= 0.3 is 6.09 Å². The van der Waals surface area contributed by atoms with Crippen molar-refractivity contribution < 1.29 is 9.90 Å². The van der Waals surface area contributed by atoms with Gasteiger partial charge in [0.1, 0.15) is 0 Å². The van der Waals surface area contributed by atoms with Crippen LogP contribution in [0.1, 0.15) is 24.0 Å². The Morgan fingerprint density at radius 2 is 2.05 bits per heavy atom. The second-order valence-electron chi connectivity index (χ2n) is 4.73. The van der Waals surface area contributed by atoms with E-state index in [0.29, 0.717) is 31.5 Å². The molecular weight excluding hydrogens is 240 g/mol. The second kappa shape index (κ2) is 5.57. The SMILES string of the molecule is Cc1cccc(C(C#N)=C2CCN(C(=O)O)CC2)c1. The minimum Gasteiger partial charge on any atom is -0.465 e. The molecule has 1 aromatic carbocycles. The van der Waals surface area contributed by atoms with Crippen LogP contribution in [0.25, 0.3) is 5.57 Å². The van der Waals surface area contributed by atoms with Gasteiger partial charge < -0.3 is 10.0 Å². The number of benzene rings is 1. The van der Waals surface area contributed by atoms with E-state index in [2.05, 4.69) is 6.07 Å². The van der Waals surface area contributed by atoms with Crippen molar-refractivity contribution in [2.75, 3.05) is 13.1 Å². The Kier molecular flexibility index (Phi) is 3.86. The van der Waals surface area contributed by atoms with Gasteiger partial charge in [0.25, 0.3) is 0 Å². The molecule has 98 valence electrons. The van der Waals surface area contributed by atoms with E-state index in [9.17, 15) is 10.1 Å². The zero-order valence-corrected chi connectivity index (χ0v) is 10.9. The molecule has 0 radical (unpaired) electrons. The first-order chi connectivity index (χ1) is 9.11. The Balaban J connectivity index is 2.25. The number of carbonyl (C=O) groups is 1. The molecule has 0 spiro atoms. The van der Waals surface area contributed by atoms with Crippen molar-refractivity contribution >= 4 is 11.7 Å². The Labute approximate surface area is 112 Å². The molecule has 1 heterocycles. The molecule has 19 heavy (non-hydrogen) atoms. The van der Waals surface area contributed by atoms with E-state index >= 15 is 0 Å². The highest BCUT2D eigenvalue weighted by Crippen LogP contribution is 2.26. The number of hydrogen-bond donors (Lipinski definition) is 1. The van der Waals surface area contributed by atoms with E-state index in [0.717, 1.165) is 16.7 Å². The van der Waals surface area contributed by atoms with Gasteiger partial charge in [0, 0.05) is 13.1 Å². The van der Waals surface area contributed by atoms with Crippen LogP contribution in [0, 0.1) is 18.3 Å². The average Bonchev–Trinajstić information content (AvgIpc) is 2.40. The normalized spacial score (nSPS) is 14.9. The Hall–Kier alpha value is -2.28. The molecule has 2 rings (SSSR count). The second-order valence-corrected chi connectivity index (χ2v) is 4.73. The summed E-state index contributed by atoms with van der Waals surface area (Å²) in [6, 6.07) is 10.1. The van der Waals surface area contributed by atoms with Crippen LogP contribution >= 0.6 is 0 Å². The van der Waals surface area contributed by atoms with Crippen molar-refractivity contribution in [1.29, 1.82) is 5.26 Å². The predicted molar refractivity (Wildman–Crippen MR) is 72.5 cm³/mol. The molecule has 1 amide bonds. The summed E-state index contributed by atoms with van der Waals surface area (Å²) in [6.45, 7) is 2.94. The fraction of sp³-hybridized carbons (Fsp3) is 0.333. The van der Waals surface area contributed by atoms with Crippen molar-refractivity contribution in [3.05, 3.63) is 41.0 Å². The smallest absolute Gasteiger partial charge is 0.407 e. The van der Waals surface area contributed by atoms with Crippen LogP contribution in [-0.4, -0.2) is 29.2 Å². The van der Waals surface area contributed by atoms with E-state index in [1.165, 1.54) is 4.90 Å². The van der Waals surface area contributed by atoms with Crippen LogP contribution in [0.15, 0.2) is 29.8 Å². The standard InChI is InChI=1S/C15H16N2O2/c1-11-3-2-4-13(9-11)14(10-16)12-5-7-17(8-6-12)15(18)19/h2-4,9H,5-8H2,1H3,(H,18,19). The number of piperidine rings is 1. The quantitative estimate of drug-likeness (QED) is 0.785. The number of allylic oxidation sites excluding steroid dienone is 1. The third-order valence-electron chi connectivity index (χ3n) is 3.41. The minimum absolute atomic E-state index is 0.474. The topological polar surface area (TPSA) is 64.3 Å². The summed E-state index contributed by atoms with van der Waals surface area (Å²) in [5, 5.41) is 18.3. The summed E-state index contributed by atoms with van der Waals surface area (Å²) in [7, 11) is 0. The van der Waals surface area contributed by atoms with Gasteiger partial charge in [-0.1, -0.05) is 29.8 Å². The maximum absolute atomic E-state index is 10.9. The van der Waals surface area contributed by atoms with Gasteiger partial charge in [-0.05, 0) is 30.9 Å². The first-order valence-corrected chi connectivity index (χ1v) is 6.29. The van der Waals surface area contributed by atoms with Crippen molar-refractivity contribution in [2.45, 2.75) is 19.8 Å². The van der Waals surface area contributed by atoms with Gasteiger partial charge in [0.05, 0.1) is 11.6 Å². The highest BCUT2D eigenvalue weighted by molar-refractivity contribution is 5.80. The van der Waals surface area contributed by atoms with Crippen LogP contribution in [0.3, 0.4) is 0 Å². The maximum atomic E-state index is 10.9. The highest BCUT2D eigenvalue weighted by Gasteiger charge is 2.20. The molecule has 0 aromatic heterocycles. The van der Waals surface area contributed by atoms with E-state index in [-0.39, 0.29) is 0 Å². The number of likely N-dealkylation sites (tertiary alicyclic amines) is 1. The van der Waals surface area contributed by atoms with Crippen LogP contribution < -0.4 is 0 Å². The summed E-state index contributed by atoms with van der Waals surface area (Å²) in [5.41, 5.74) is 3.81. The molecule has 0 bridgehead atoms. The number of hydrogen-bond acceptors (Lipinski definition) is 2. The number of aryl methyl sites for hydroxylation is 1. The Bertz CT molecular complexity index is 560. The lowest BCUT2D eigenvalue weighted by atomic mass is 9.93. The summed E-state index contributed by atoms with van der Waals surface area (Å²) in [5.74, 6) is 0. The molecule has 0 aliphatic carbocycles. The molecule has 0 unspecified atom stereocenters. The summed E-state index contributed by atoms with van der Waals surface area (Å²) >= 11 is 0. The zero-order valence-electron chi connectivity index (χ0n) is 10.9. The van der Waals surface area contributed by atoms with E-state index < -0.39 is 6.09 Å². The molecule has 1 aliphatic rings. The van der Waals surface area contributed by atoms with Crippen LogP contribution in [0.5, 0.6) is 0 Å². The van der Waals surface area contributed by atoms with E-state index in [4.69, 9.17) is 5.11 Å². The van der Waals surface area contributed by atoms with Gasteiger partial charge in [-0.3, -0.25) is 0 Å². The Morgan fingerprint density at radius 1 is 1.37 bits per heavy atom. The first kappa shape index (κ1) is 13.2. The largest absolute Gasteiger partial charge is 0.465 e. The van der Waals surface area contributed by atoms with E-state index in [1.807, 2.05) is 31.2 Å². The minimum atomic E-state index is -0.881.